The van der Waals surface area contributed by atoms with Crippen LogP contribution in [0.3, 0.4) is 0 Å². The fourth-order valence-corrected chi connectivity index (χ4v) is 4.00. The van der Waals surface area contributed by atoms with Crippen LogP contribution in [0.25, 0.3) is 0 Å². The van der Waals surface area contributed by atoms with Crippen molar-refractivity contribution in [2.45, 2.75) is 26.2 Å². The second kappa shape index (κ2) is 8.71. The molecular formula is C28H28N4O2. The van der Waals surface area contributed by atoms with Gasteiger partial charge in [0, 0.05) is 43.3 Å². The van der Waals surface area contributed by atoms with Gasteiger partial charge in [-0.1, -0.05) is 39.0 Å². The zero-order valence-corrected chi connectivity index (χ0v) is 19.9. The highest BCUT2D eigenvalue weighted by Crippen LogP contribution is 2.40. The summed E-state index contributed by atoms with van der Waals surface area (Å²) in [4.78, 5) is 13.2. The van der Waals surface area contributed by atoms with E-state index in [0.29, 0.717) is 23.3 Å². The Morgan fingerprint density at radius 2 is 1.38 bits per heavy atom. The van der Waals surface area contributed by atoms with E-state index in [1.54, 1.807) is 12.4 Å². The molecule has 34 heavy (non-hydrogen) atoms. The highest BCUT2D eigenvalue weighted by molar-refractivity contribution is 5.82. The maximum atomic E-state index is 6.10. The molecule has 5 rings (SSSR count). The van der Waals surface area contributed by atoms with Crippen molar-refractivity contribution in [3.63, 3.8) is 0 Å². The van der Waals surface area contributed by atoms with Crippen LogP contribution < -0.4 is 19.3 Å². The first kappa shape index (κ1) is 21.8. The highest BCUT2D eigenvalue weighted by Gasteiger charge is 2.24. The number of hydrogen-bond donors (Lipinski definition) is 0. The summed E-state index contributed by atoms with van der Waals surface area (Å²) in [7, 11) is 2.09. The number of para-hydroxylation sites is 2. The monoisotopic (exact) mass is 452 g/mol. The Morgan fingerprint density at radius 3 is 2.09 bits per heavy atom. The van der Waals surface area contributed by atoms with Crippen LogP contribution in [0.15, 0.2) is 85.2 Å². The predicted octanol–water partition coefficient (Wildman–Crippen LogP) is 6.90. The van der Waals surface area contributed by atoms with Gasteiger partial charge in [0.25, 0.3) is 0 Å². The molecule has 4 aromatic rings. The molecule has 6 nitrogen and oxygen atoms in total. The zero-order valence-electron chi connectivity index (χ0n) is 19.9. The third-order valence-corrected chi connectivity index (χ3v) is 5.82. The van der Waals surface area contributed by atoms with Crippen LogP contribution in [-0.2, 0) is 5.41 Å². The molecule has 0 saturated carbocycles. The molecule has 0 saturated heterocycles. The lowest BCUT2D eigenvalue weighted by molar-refractivity contribution is 0.440. The van der Waals surface area contributed by atoms with Crippen molar-refractivity contribution in [1.82, 2.24) is 9.97 Å². The van der Waals surface area contributed by atoms with Crippen LogP contribution in [-0.4, -0.2) is 23.7 Å². The van der Waals surface area contributed by atoms with E-state index in [4.69, 9.17) is 9.47 Å². The zero-order chi connectivity index (χ0) is 23.7. The molecule has 3 heterocycles. The first-order valence-electron chi connectivity index (χ1n) is 11.3. The summed E-state index contributed by atoms with van der Waals surface area (Å²) in [6.45, 7) is 7.27. The van der Waals surface area contributed by atoms with Crippen LogP contribution in [0.2, 0.25) is 0 Å². The molecule has 1 aliphatic heterocycles. The van der Waals surface area contributed by atoms with Gasteiger partial charge in [0.15, 0.2) is 0 Å². The Morgan fingerprint density at radius 1 is 0.735 bits per heavy atom. The van der Waals surface area contributed by atoms with Crippen LogP contribution >= 0.6 is 0 Å². The Labute approximate surface area is 200 Å². The minimum Gasteiger partial charge on any atom is -0.439 e. The van der Waals surface area contributed by atoms with Gasteiger partial charge < -0.3 is 19.3 Å². The summed E-state index contributed by atoms with van der Waals surface area (Å²) in [5, 5.41) is 0. The van der Waals surface area contributed by atoms with E-state index >= 15 is 0 Å². The van der Waals surface area contributed by atoms with Crippen molar-refractivity contribution < 1.29 is 9.47 Å². The number of pyridine rings is 2. The number of aromatic nitrogens is 2. The van der Waals surface area contributed by atoms with E-state index in [-0.39, 0.29) is 5.41 Å². The molecule has 0 fully saturated rings. The normalized spacial score (nSPS) is 13.1. The fourth-order valence-electron chi connectivity index (χ4n) is 4.00. The van der Waals surface area contributed by atoms with Gasteiger partial charge in [-0.2, -0.15) is 0 Å². The number of rotatable bonds is 5. The maximum absolute atomic E-state index is 6.10. The lowest BCUT2D eigenvalue weighted by Gasteiger charge is -2.20. The Hall–Kier alpha value is -4.06. The molecular weight excluding hydrogens is 424 g/mol. The van der Waals surface area contributed by atoms with Crippen LogP contribution in [0.1, 0.15) is 26.3 Å². The Kier molecular flexibility index (Phi) is 5.57. The fraction of sp³-hybridized carbons (Fsp3) is 0.214. The number of anilines is 3. The topological polar surface area (TPSA) is 50.7 Å². The summed E-state index contributed by atoms with van der Waals surface area (Å²) in [5.74, 6) is 2.38. The Balaban J connectivity index is 1.34. The predicted molar refractivity (Wildman–Crippen MR) is 136 cm³/mol. The van der Waals surface area contributed by atoms with E-state index in [2.05, 4.69) is 71.9 Å². The first-order valence-corrected chi connectivity index (χ1v) is 11.3. The lowest BCUT2D eigenvalue weighted by atomic mass is 9.88. The number of ether oxygens (including phenoxy) is 2. The van der Waals surface area contributed by atoms with Crippen LogP contribution in [0.4, 0.5) is 17.1 Å². The summed E-state index contributed by atoms with van der Waals surface area (Å²) >= 11 is 0. The number of hydrogen-bond acceptors (Lipinski definition) is 6. The van der Waals surface area contributed by atoms with Crippen molar-refractivity contribution in [3.8, 4) is 23.3 Å². The molecule has 0 radical (unpaired) electrons. The summed E-state index contributed by atoms with van der Waals surface area (Å²) < 4.78 is 12.1. The van der Waals surface area contributed by atoms with Crippen molar-refractivity contribution in [2.75, 3.05) is 23.5 Å². The SMILES string of the molecule is CN1CN(c2ccnc(Oc3cccc(Oc4cc(C(C)(C)C)ccn4)c3)c2)c2ccccc21. The third-order valence-electron chi connectivity index (χ3n) is 5.82. The van der Waals surface area contributed by atoms with Gasteiger partial charge in [0.05, 0.1) is 18.0 Å². The molecule has 1 aliphatic rings. The van der Waals surface area contributed by atoms with Crippen LogP contribution in [0.5, 0.6) is 23.3 Å². The van der Waals surface area contributed by atoms with Crippen molar-refractivity contribution in [2.24, 2.45) is 0 Å². The number of benzene rings is 2. The van der Waals surface area contributed by atoms with Gasteiger partial charge in [-0.3, -0.25) is 0 Å². The molecule has 0 spiro atoms. The molecule has 0 atom stereocenters. The minimum absolute atomic E-state index is 0.0212. The van der Waals surface area contributed by atoms with Crippen molar-refractivity contribution in [3.05, 3.63) is 90.8 Å². The van der Waals surface area contributed by atoms with Gasteiger partial charge >= 0.3 is 0 Å². The lowest BCUT2D eigenvalue weighted by Crippen LogP contribution is -2.23. The van der Waals surface area contributed by atoms with Gasteiger partial charge in [0.1, 0.15) is 11.5 Å². The Bertz CT molecular complexity index is 1320. The number of fused-ring (bicyclic) bond motifs is 1. The first-order chi connectivity index (χ1) is 16.4. The maximum Gasteiger partial charge on any atom is 0.221 e. The molecule has 0 amide bonds. The van der Waals surface area contributed by atoms with E-state index in [1.165, 1.54) is 16.9 Å². The smallest absolute Gasteiger partial charge is 0.221 e. The van der Waals surface area contributed by atoms with Gasteiger partial charge in [-0.25, -0.2) is 9.97 Å². The highest BCUT2D eigenvalue weighted by atomic mass is 16.5. The standard InChI is InChI=1S/C28H28N4O2/c1-28(2,3)20-12-14-29-26(16-20)33-22-8-7-9-23(18-22)34-27-17-21(13-15-30-27)32-19-31(4)24-10-5-6-11-25(24)32/h5-18H,19H2,1-4H3. The van der Waals surface area contributed by atoms with Crippen molar-refractivity contribution in [1.29, 1.82) is 0 Å². The largest absolute Gasteiger partial charge is 0.439 e. The summed E-state index contributed by atoms with van der Waals surface area (Å²) in [6, 6.07) is 23.8. The molecule has 0 bridgehead atoms. The van der Waals surface area contributed by atoms with E-state index < -0.39 is 0 Å². The quantitative estimate of drug-likeness (QED) is 0.328. The van der Waals surface area contributed by atoms with Gasteiger partial charge in [-0.15, -0.1) is 0 Å². The molecule has 0 unspecified atom stereocenters. The summed E-state index contributed by atoms with van der Waals surface area (Å²) in [6.07, 6.45) is 3.55. The summed E-state index contributed by atoms with van der Waals surface area (Å²) in [5.41, 5.74) is 4.59. The molecule has 0 aliphatic carbocycles. The molecule has 2 aromatic heterocycles. The average molecular weight is 453 g/mol. The average Bonchev–Trinajstić information content (AvgIpc) is 3.16. The molecule has 6 heteroatoms. The van der Waals surface area contributed by atoms with Crippen LogP contribution in [0, 0.1) is 0 Å². The second-order valence-corrected chi connectivity index (χ2v) is 9.42. The van der Waals surface area contributed by atoms with Gasteiger partial charge in [-0.05, 0) is 47.4 Å². The van der Waals surface area contributed by atoms with Gasteiger partial charge in [0.2, 0.25) is 11.8 Å². The third kappa shape index (κ3) is 4.53. The second-order valence-electron chi connectivity index (χ2n) is 9.42. The number of nitrogens with zero attached hydrogens (tertiary/aromatic N) is 4. The molecule has 0 N–H and O–H groups in total. The minimum atomic E-state index is 0.0212. The molecule has 172 valence electrons. The van der Waals surface area contributed by atoms with E-state index in [0.717, 1.165) is 12.4 Å². The van der Waals surface area contributed by atoms with E-state index in [9.17, 15) is 0 Å². The van der Waals surface area contributed by atoms with E-state index in [1.807, 2.05) is 48.5 Å². The van der Waals surface area contributed by atoms with Crippen molar-refractivity contribution >= 4 is 17.1 Å². The molecule has 2 aromatic carbocycles.